The molecule has 320 valence electrons. The third-order valence-corrected chi connectivity index (χ3v) is 14.8. The molecule has 1 amide bonds. The van der Waals surface area contributed by atoms with Crippen LogP contribution in [0.15, 0.2) is 12.2 Å². The molecule has 0 aromatic heterocycles. The Balaban J connectivity index is 1.36. The number of carbonyl (C=O) groups excluding carboxylic acids is 1. The van der Waals surface area contributed by atoms with Crippen LogP contribution < -0.4 is 5.32 Å². The summed E-state index contributed by atoms with van der Waals surface area (Å²) in [6.07, 6.45) is 4.67. The van der Waals surface area contributed by atoms with Gasteiger partial charge in [-0.2, -0.15) is 0 Å². The minimum absolute atomic E-state index is 0.0391. The van der Waals surface area contributed by atoms with Crippen molar-refractivity contribution in [3.8, 4) is 0 Å². The van der Waals surface area contributed by atoms with E-state index in [1.54, 1.807) is 19.1 Å². The van der Waals surface area contributed by atoms with Crippen LogP contribution in [0.5, 0.6) is 0 Å². The molecule has 0 bridgehead atoms. The molecular formula is C43H71NO12. The first-order chi connectivity index (χ1) is 26.2. The van der Waals surface area contributed by atoms with E-state index in [0.717, 1.165) is 6.42 Å². The van der Waals surface area contributed by atoms with Crippen molar-refractivity contribution in [2.75, 3.05) is 0 Å². The average Bonchev–Trinajstić information content (AvgIpc) is 3.49. The number of amides is 1. The quantitative estimate of drug-likeness (QED) is 0.128. The highest BCUT2D eigenvalue weighted by Crippen LogP contribution is 2.54. The number of aliphatic hydroxyl groups is 2. The Kier molecular flexibility index (Phi) is 13.8. The smallest absolute Gasteiger partial charge is 0.405 e. The van der Waals surface area contributed by atoms with Crippen LogP contribution in [0, 0.1) is 41.4 Å². The molecule has 13 heteroatoms. The summed E-state index contributed by atoms with van der Waals surface area (Å²) in [6.45, 7) is 19.4. The molecule has 0 aliphatic carbocycles. The van der Waals surface area contributed by atoms with E-state index >= 15 is 0 Å². The molecule has 2 spiro atoms. The summed E-state index contributed by atoms with van der Waals surface area (Å²) in [5, 5.41) is 45.1. The molecule has 5 aliphatic rings. The minimum Gasteiger partial charge on any atom is -0.481 e. The number of carboxylic acids is 1. The molecule has 0 aromatic carbocycles. The van der Waals surface area contributed by atoms with Gasteiger partial charge in [-0.15, -0.1) is 0 Å². The van der Waals surface area contributed by atoms with Crippen molar-refractivity contribution in [1.29, 1.82) is 0 Å². The topological polar surface area (TPSA) is 190 Å². The number of rotatable bonds is 13. The number of ether oxygens (including phenoxy) is 5. The highest BCUT2D eigenvalue weighted by Gasteiger charge is 2.63. The van der Waals surface area contributed by atoms with Crippen LogP contribution in [0.4, 0.5) is 4.79 Å². The van der Waals surface area contributed by atoms with Crippen LogP contribution in [0.2, 0.25) is 0 Å². The van der Waals surface area contributed by atoms with E-state index in [0.29, 0.717) is 57.8 Å². The molecule has 0 aromatic rings. The number of hydrogen-bond donors (Lipinski definition) is 5. The van der Waals surface area contributed by atoms with Crippen molar-refractivity contribution in [2.24, 2.45) is 41.4 Å². The van der Waals surface area contributed by atoms with Gasteiger partial charge in [0.1, 0.15) is 11.8 Å². The Morgan fingerprint density at radius 1 is 0.875 bits per heavy atom. The van der Waals surface area contributed by atoms with E-state index in [2.05, 4.69) is 19.2 Å². The molecule has 4 fully saturated rings. The van der Waals surface area contributed by atoms with Gasteiger partial charge in [-0.1, -0.05) is 61.5 Å². The first-order valence-electron chi connectivity index (χ1n) is 21.4. The third-order valence-electron chi connectivity index (χ3n) is 14.8. The predicted octanol–water partition coefficient (Wildman–Crippen LogP) is 6.46. The summed E-state index contributed by atoms with van der Waals surface area (Å²) in [5.74, 6) is -6.27. The van der Waals surface area contributed by atoms with Gasteiger partial charge in [-0.05, 0) is 89.5 Å². The number of carboxylic acid groups (broad SMARTS) is 2. The zero-order valence-electron chi connectivity index (χ0n) is 35.4. The molecule has 13 nitrogen and oxygen atoms in total. The number of aliphatic carboxylic acids is 1. The Labute approximate surface area is 333 Å². The molecule has 4 saturated heterocycles. The summed E-state index contributed by atoms with van der Waals surface area (Å²) in [7, 11) is 0. The van der Waals surface area contributed by atoms with Crippen LogP contribution in [-0.4, -0.2) is 104 Å². The Morgan fingerprint density at radius 2 is 1.55 bits per heavy atom. The van der Waals surface area contributed by atoms with Crippen molar-refractivity contribution in [1.82, 2.24) is 5.32 Å². The monoisotopic (exact) mass is 793 g/mol. The van der Waals surface area contributed by atoms with Crippen molar-refractivity contribution < 1.29 is 58.5 Å². The molecule has 1 unspecified atom stereocenters. The SMILES string of the molecule is CCC(C(=O)[C@@H](C)[C@@H](O)[C@H](C)[C@@H]1O[C@@H]([C@@H](CC)C(=O)O)CC[C@@H]1C)[C@H]1O[C@]2(C=C[C@@H](NC(=O)O)[C@]3(CC[C@@](C)([C@H]4CC[C@](O)(CC)[C@H](C)O4)O3)O2)[C@H](C)C[C@@H]1C. The van der Waals surface area contributed by atoms with E-state index in [9.17, 15) is 34.8 Å². The Morgan fingerprint density at radius 3 is 2.14 bits per heavy atom. The molecule has 5 rings (SSSR count). The lowest BCUT2D eigenvalue weighted by atomic mass is 9.72. The Bertz CT molecular complexity index is 1440. The molecular weight excluding hydrogens is 722 g/mol. The molecule has 5 N–H and O–H groups in total. The summed E-state index contributed by atoms with van der Waals surface area (Å²) in [5.41, 5.74) is -1.76. The zero-order chi connectivity index (χ0) is 41.5. The largest absolute Gasteiger partial charge is 0.481 e. The van der Waals surface area contributed by atoms with E-state index in [1.165, 1.54) is 0 Å². The highest BCUT2D eigenvalue weighted by atomic mass is 16.8. The summed E-state index contributed by atoms with van der Waals surface area (Å²) in [6, 6.07) is -0.845. The van der Waals surface area contributed by atoms with Gasteiger partial charge in [0.05, 0.1) is 53.7 Å². The van der Waals surface area contributed by atoms with Crippen molar-refractivity contribution in [2.45, 2.75) is 199 Å². The van der Waals surface area contributed by atoms with Gasteiger partial charge < -0.3 is 49.4 Å². The van der Waals surface area contributed by atoms with Gasteiger partial charge in [-0.3, -0.25) is 9.59 Å². The standard InChI is InChI=1S/C43H71NO12/c1-11-29(38(47)48)31-15-14-23(4)36(53-31)27(8)34(45)26(7)35(46)30(12-2)37-24(5)22-25(6)42(54-37)19-16-32(44-39(49)50)43(56-42)21-20-40(10,55-43)33-17-18-41(51,13-3)28(9)52-33/h16,19,23-34,36-37,44-45,51H,11-15,17-18,20-22H2,1-10H3,(H,47,48)(H,49,50)/t23-,24-,25+,26-,27-,28-,29+,30?,31+,32+,33+,34+,36+,37-,40-,41+,42-,43-/m0/s1. The lowest BCUT2D eigenvalue weighted by molar-refractivity contribution is -0.398. The predicted molar refractivity (Wildman–Crippen MR) is 208 cm³/mol. The van der Waals surface area contributed by atoms with Gasteiger partial charge >= 0.3 is 12.1 Å². The van der Waals surface area contributed by atoms with Gasteiger partial charge in [0.25, 0.3) is 0 Å². The number of carbonyl (C=O) groups is 3. The van der Waals surface area contributed by atoms with Crippen molar-refractivity contribution in [3.05, 3.63) is 12.2 Å². The first-order valence-corrected chi connectivity index (χ1v) is 21.4. The first kappa shape index (κ1) is 45.0. The lowest BCUT2D eigenvalue weighted by Gasteiger charge is -2.55. The van der Waals surface area contributed by atoms with Crippen LogP contribution in [0.3, 0.4) is 0 Å². The zero-order valence-corrected chi connectivity index (χ0v) is 35.4. The van der Waals surface area contributed by atoms with Crippen LogP contribution in [0.1, 0.15) is 133 Å². The fourth-order valence-electron chi connectivity index (χ4n) is 10.8. The van der Waals surface area contributed by atoms with Gasteiger partial charge in [0.15, 0.2) is 11.6 Å². The molecule has 0 radical (unpaired) electrons. The third kappa shape index (κ3) is 8.47. The van der Waals surface area contributed by atoms with Crippen LogP contribution in [0.25, 0.3) is 0 Å². The molecule has 56 heavy (non-hydrogen) atoms. The second-order valence-electron chi connectivity index (χ2n) is 18.4. The normalized spacial score (nSPS) is 44.2. The van der Waals surface area contributed by atoms with Gasteiger partial charge in [0.2, 0.25) is 0 Å². The lowest BCUT2D eigenvalue weighted by Crippen LogP contribution is -2.65. The van der Waals surface area contributed by atoms with Gasteiger partial charge in [0, 0.05) is 30.1 Å². The number of Topliss-reactive ketones (excluding diaryl/α,β-unsaturated/α-hetero) is 1. The summed E-state index contributed by atoms with van der Waals surface area (Å²) in [4.78, 5) is 38.6. The number of ketones is 1. The Hall–Kier alpha value is -2.13. The van der Waals surface area contributed by atoms with Crippen molar-refractivity contribution >= 4 is 17.8 Å². The maximum absolute atomic E-state index is 14.5. The van der Waals surface area contributed by atoms with Crippen molar-refractivity contribution in [3.63, 3.8) is 0 Å². The second-order valence-corrected chi connectivity index (χ2v) is 18.4. The maximum Gasteiger partial charge on any atom is 0.405 e. The molecule has 0 saturated carbocycles. The molecule has 5 aliphatic heterocycles. The second kappa shape index (κ2) is 17.2. The average molecular weight is 794 g/mol. The van der Waals surface area contributed by atoms with Gasteiger partial charge in [-0.25, -0.2) is 4.79 Å². The number of hydrogen-bond acceptors (Lipinski definition) is 10. The maximum atomic E-state index is 14.5. The summed E-state index contributed by atoms with van der Waals surface area (Å²) < 4.78 is 33.8. The number of nitrogens with one attached hydrogen (secondary N) is 1. The highest BCUT2D eigenvalue weighted by molar-refractivity contribution is 5.84. The number of aliphatic hydroxyl groups excluding tert-OH is 1. The van der Waals surface area contributed by atoms with Crippen LogP contribution in [-0.2, 0) is 33.3 Å². The van der Waals surface area contributed by atoms with E-state index < -0.39 is 95.1 Å². The van der Waals surface area contributed by atoms with E-state index in [1.807, 2.05) is 48.5 Å². The van der Waals surface area contributed by atoms with Crippen LogP contribution >= 0.6 is 0 Å². The summed E-state index contributed by atoms with van der Waals surface area (Å²) >= 11 is 0. The fourth-order valence-corrected chi connectivity index (χ4v) is 10.8. The fraction of sp³-hybridized carbons (Fsp3) is 0.884. The van der Waals surface area contributed by atoms with E-state index in [-0.39, 0.29) is 29.6 Å². The molecule has 18 atom stereocenters. The minimum atomic E-state index is -1.43. The van der Waals surface area contributed by atoms with E-state index in [4.69, 9.17) is 23.7 Å². The molecule has 5 heterocycles.